The van der Waals surface area contributed by atoms with Crippen LogP contribution in [-0.4, -0.2) is 71.8 Å². The van der Waals surface area contributed by atoms with Crippen LogP contribution in [0.5, 0.6) is 0 Å². The van der Waals surface area contributed by atoms with Gasteiger partial charge in [0.2, 0.25) is 5.95 Å². The van der Waals surface area contributed by atoms with Crippen LogP contribution in [0.2, 0.25) is 0 Å². The number of carbonyl (C=O) groups is 1. The summed E-state index contributed by atoms with van der Waals surface area (Å²) in [4.78, 5) is 34.8. The molecule has 0 spiro atoms. The quantitative estimate of drug-likeness (QED) is 0.536. The molecule has 0 unspecified atom stereocenters. The standard InChI is InChI=1S/C24H26F2N8O2/c25-20(26)14-29-24(35)30-17-4-2-16(3-5-17)21-31-19-15-34(23-27-7-1-8-28-23)9-6-18(19)22(32-21)33-10-12-36-13-11-33/h1-5,7-8,20H,6,9-15H2,(H2,29,30,35). The number of ether oxygens (including phenoxy) is 1. The highest BCUT2D eigenvalue weighted by molar-refractivity contribution is 5.89. The number of aromatic nitrogens is 4. The lowest BCUT2D eigenvalue weighted by Gasteiger charge is -2.34. The van der Waals surface area contributed by atoms with Crippen molar-refractivity contribution in [3.8, 4) is 11.4 Å². The predicted molar refractivity (Wildman–Crippen MR) is 130 cm³/mol. The zero-order chi connectivity index (χ0) is 24.9. The van der Waals surface area contributed by atoms with Crippen molar-refractivity contribution in [3.63, 3.8) is 0 Å². The van der Waals surface area contributed by atoms with Crippen LogP contribution >= 0.6 is 0 Å². The summed E-state index contributed by atoms with van der Waals surface area (Å²) >= 11 is 0. The molecular weight excluding hydrogens is 470 g/mol. The number of rotatable bonds is 6. The zero-order valence-electron chi connectivity index (χ0n) is 19.5. The smallest absolute Gasteiger partial charge is 0.319 e. The summed E-state index contributed by atoms with van der Waals surface area (Å²) in [5, 5.41) is 4.66. The first-order chi connectivity index (χ1) is 17.6. The summed E-state index contributed by atoms with van der Waals surface area (Å²) < 4.78 is 30.2. The van der Waals surface area contributed by atoms with Gasteiger partial charge >= 0.3 is 6.03 Å². The van der Waals surface area contributed by atoms with Crippen molar-refractivity contribution in [2.45, 2.75) is 19.4 Å². The number of amides is 2. The number of halogens is 2. The molecule has 0 bridgehead atoms. The summed E-state index contributed by atoms with van der Waals surface area (Å²) in [5.41, 5.74) is 3.30. The Morgan fingerprint density at radius 2 is 1.78 bits per heavy atom. The van der Waals surface area contributed by atoms with E-state index in [4.69, 9.17) is 14.7 Å². The Kier molecular flexibility index (Phi) is 7.12. The normalized spacial score (nSPS) is 15.5. The lowest BCUT2D eigenvalue weighted by atomic mass is 10.0. The molecule has 1 aromatic carbocycles. The fourth-order valence-electron chi connectivity index (χ4n) is 4.25. The largest absolute Gasteiger partial charge is 0.378 e. The lowest BCUT2D eigenvalue weighted by molar-refractivity contribution is 0.122. The molecule has 4 heterocycles. The van der Waals surface area contributed by atoms with Crippen LogP contribution in [0.15, 0.2) is 42.7 Å². The maximum absolute atomic E-state index is 12.3. The Labute approximate surface area is 206 Å². The summed E-state index contributed by atoms with van der Waals surface area (Å²) in [7, 11) is 0. The number of carbonyl (C=O) groups excluding carboxylic acids is 1. The minimum absolute atomic E-state index is 0.476. The Morgan fingerprint density at radius 1 is 1.03 bits per heavy atom. The molecule has 2 amide bonds. The van der Waals surface area contributed by atoms with Crippen molar-refractivity contribution in [1.82, 2.24) is 25.3 Å². The van der Waals surface area contributed by atoms with Crippen LogP contribution in [-0.2, 0) is 17.7 Å². The van der Waals surface area contributed by atoms with Crippen LogP contribution in [0.4, 0.5) is 31.0 Å². The number of urea groups is 1. The monoisotopic (exact) mass is 496 g/mol. The number of nitrogens with zero attached hydrogens (tertiary/aromatic N) is 6. The molecule has 0 saturated carbocycles. The van der Waals surface area contributed by atoms with Gasteiger partial charge in [-0.3, -0.25) is 0 Å². The molecule has 1 saturated heterocycles. The van der Waals surface area contributed by atoms with Crippen LogP contribution < -0.4 is 20.4 Å². The molecule has 0 atom stereocenters. The van der Waals surface area contributed by atoms with Crippen LogP contribution in [0.3, 0.4) is 0 Å². The first-order valence-corrected chi connectivity index (χ1v) is 11.7. The predicted octanol–water partition coefficient (Wildman–Crippen LogP) is 2.72. The van der Waals surface area contributed by atoms with Gasteiger partial charge in [-0.15, -0.1) is 0 Å². The molecule has 36 heavy (non-hydrogen) atoms. The van der Waals surface area contributed by atoms with E-state index in [0.717, 1.165) is 48.7 Å². The molecule has 10 nitrogen and oxygen atoms in total. The molecule has 0 aliphatic carbocycles. The van der Waals surface area contributed by atoms with E-state index in [0.29, 0.717) is 37.2 Å². The average molecular weight is 497 g/mol. The van der Waals surface area contributed by atoms with Gasteiger partial charge in [0.05, 0.1) is 32.0 Å². The first-order valence-electron chi connectivity index (χ1n) is 11.7. The number of anilines is 3. The molecule has 2 N–H and O–H groups in total. The van der Waals surface area contributed by atoms with Gasteiger partial charge in [-0.25, -0.2) is 33.5 Å². The second kappa shape index (κ2) is 10.8. The van der Waals surface area contributed by atoms with Crippen LogP contribution in [0, 0.1) is 0 Å². The van der Waals surface area contributed by atoms with Crippen molar-refractivity contribution in [3.05, 3.63) is 54.0 Å². The number of hydrogen-bond acceptors (Lipinski definition) is 8. The Bertz CT molecular complexity index is 1190. The van der Waals surface area contributed by atoms with Gasteiger partial charge in [0, 0.05) is 48.8 Å². The maximum Gasteiger partial charge on any atom is 0.319 e. The van der Waals surface area contributed by atoms with Crippen molar-refractivity contribution < 1.29 is 18.3 Å². The average Bonchev–Trinajstić information content (AvgIpc) is 2.92. The Balaban J connectivity index is 1.42. The highest BCUT2D eigenvalue weighted by Gasteiger charge is 2.27. The van der Waals surface area contributed by atoms with E-state index in [1.54, 1.807) is 42.7 Å². The minimum atomic E-state index is -2.61. The molecule has 3 aromatic rings. The highest BCUT2D eigenvalue weighted by Crippen LogP contribution is 2.31. The van der Waals surface area contributed by atoms with E-state index in [-0.39, 0.29) is 0 Å². The van der Waals surface area contributed by atoms with Crippen molar-refractivity contribution in [2.75, 3.05) is 54.5 Å². The van der Waals surface area contributed by atoms with E-state index in [1.165, 1.54) is 0 Å². The van der Waals surface area contributed by atoms with Crippen molar-refractivity contribution in [1.29, 1.82) is 0 Å². The van der Waals surface area contributed by atoms with Gasteiger partial charge in [-0.2, -0.15) is 0 Å². The molecule has 12 heteroatoms. The molecule has 0 radical (unpaired) electrons. The molecule has 2 aliphatic rings. The fraction of sp³-hybridized carbons (Fsp3) is 0.375. The summed E-state index contributed by atoms with van der Waals surface area (Å²) in [6, 6.07) is 8.09. The van der Waals surface area contributed by atoms with Gasteiger partial charge in [-0.1, -0.05) is 0 Å². The second-order valence-electron chi connectivity index (χ2n) is 8.42. The van der Waals surface area contributed by atoms with E-state index < -0.39 is 19.0 Å². The van der Waals surface area contributed by atoms with E-state index in [9.17, 15) is 13.6 Å². The molecular formula is C24H26F2N8O2. The topological polar surface area (TPSA) is 108 Å². The zero-order valence-corrected chi connectivity index (χ0v) is 19.5. The van der Waals surface area contributed by atoms with E-state index in [1.807, 2.05) is 0 Å². The van der Waals surface area contributed by atoms with Gasteiger partial charge < -0.3 is 25.2 Å². The minimum Gasteiger partial charge on any atom is -0.378 e. The number of hydrogen-bond donors (Lipinski definition) is 2. The van der Waals surface area contributed by atoms with E-state index >= 15 is 0 Å². The van der Waals surface area contributed by atoms with E-state index in [2.05, 4.69) is 30.4 Å². The number of morpholine rings is 1. The molecule has 2 aromatic heterocycles. The number of nitrogens with one attached hydrogen (secondary N) is 2. The summed E-state index contributed by atoms with van der Waals surface area (Å²) in [5.74, 6) is 2.15. The lowest BCUT2D eigenvalue weighted by Crippen LogP contribution is -2.39. The molecule has 2 aliphatic heterocycles. The van der Waals surface area contributed by atoms with Crippen LogP contribution in [0.25, 0.3) is 11.4 Å². The first kappa shape index (κ1) is 23.8. The SMILES string of the molecule is O=C(NCC(F)F)Nc1ccc(-c2nc3c(c(N4CCOCC4)n2)CCN(c2ncccn2)C3)cc1. The van der Waals surface area contributed by atoms with Crippen LogP contribution in [0.1, 0.15) is 11.3 Å². The number of fused-ring (bicyclic) bond motifs is 1. The third-order valence-electron chi connectivity index (χ3n) is 6.01. The Hall–Kier alpha value is -3.93. The summed E-state index contributed by atoms with van der Waals surface area (Å²) in [6.45, 7) is 3.43. The molecule has 5 rings (SSSR count). The third kappa shape index (κ3) is 5.48. The van der Waals surface area contributed by atoms with Gasteiger partial charge in [0.1, 0.15) is 5.82 Å². The molecule has 1 fully saturated rings. The molecule has 188 valence electrons. The van der Waals surface area contributed by atoms with Gasteiger partial charge in [-0.05, 0) is 36.8 Å². The number of benzene rings is 1. The van der Waals surface area contributed by atoms with Gasteiger partial charge in [0.15, 0.2) is 5.82 Å². The second-order valence-corrected chi connectivity index (χ2v) is 8.42. The van der Waals surface area contributed by atoms with Gasteiger partial charge in [0.25, 0.3) is 6.43 Å². The Morgan fingerprint density at radius 3 is 2.50 bits per heavy atom. The number of alkyl halides is 2. The summed E-state index contributed by atoms with van der Waals surface area (Å²) in [6.07, 6.45) is 1.62. The fourth-order valence-corrected chi connectivity index (χ4v) is 4.25. The maximum atomic E-state index is 12.3. The van der Waals surface area contributed by atoms with Crippen molar-refractivity contribution in [2.24, 2.45) is 0 Å². The van der Waals surface area contributed by atoms with Crippen molar-refractivity contribution >= 4 is 23.5 Å². The highest BCUT2D eigenvalue weighted by atomic mass is 19.3. The third-order valence-corrected chi connectivity index (χ3v) is 6.01.